The van der Waals surface area contributed by atoms with Crippen molar-refractivity contribution in [2.24, 2.45) is 33.9 Å². The summed E-state index contributed by atoms with van der Waals surface area (Å²) in [4.78, 5) is 53.5. The number of nitrogens with two attached hydrogens (primary N) is 1. The molecule has 2 fully saturated rings. The van der Waals surface area contributed by atoms with Crippen molar-refractivity contribution in [2.75, 3.05) is 39.2 Å². The molecular weight excluding hydrogens is 743 g/mol. The highest BCUT2D eigenvalue weighted by Gasteiger charge is 2.85. The smallest absolute Gasteiger partial charge is 0.350 e. The zero-order chi connectivity index (χ0) is 42.0. The number of likely N-dealkylation sites (N-methyl/N-ethyl adjacent to an activating group) is 1. The molecule has 6 atom stereocenters. The van der Waals surface area contributed by atoms with Gasteiger partial charge < -0.3 is 36.5 Å². The van der Waals surface area contributed by atoms with Gasteiger partial charge in [0, 0.05) is 48.2 Å². The summed E-state index contributed by atoms with van der Waals surface area (Å²) >= 11 is 0. The van der Waals surface area contributed by atoms with Gasteiger partial charge in [-0.3, -0.25) is 14.6 Å². The molecule has 0 amide bonds. The van der Waals surface area contributed by atoms with E-state index in [1.165, 1.54) is 5.57 Å². The molecule has 6 N–H and O–H groups in total. The molecule has 0 bridgehead atoms. The average molecular weight is 806 g/mol. The first-order valence-electron chi connectivity index (χ1n) is 21.7. The lowest BCUT2D eigenvalue weighted by atomic mass is 9.68. The number of guanidine groups is 1. The van der Waals surface area contributed by atoms with Crippen LogP contribution in [0.5, 0.6) is 0 Å². The van der Waals surface area contributed by atoms with Crippen LogP contribution in [0.3, 0.4) is 0 Å². The van der Waals surface area contributed by atoms with E-state index in [1.807, 2.05) is 37.4 Å². The summed E-state index contributed by atoms with van der Waals surface area (Å²) in [5, 5.41) is 13.5. The molecule has 2 heterocycles. The molecule has 316 valence electrons. The standard InChI is InChI=1S/C47H63N7O5/c1-7-51-37-25-32-14-9-8-13-31(32)24-35(37)27-58-43(57)47-42(56)39-33(23-29(2)3)15-12-16-36(39)41(55)46(47,59-47)21-17-30(4)45(19-10-11-20-45)40(54-44(48)50-6)34-18-22-52-38(26-34)53-28-49-5/h9,12,14-18,22,25-26,29,31,35,37,40,49,51H,7-8,10-11,13,19-21,23-24,27-28H2,1-6H3,(H,52,53)(H3,48,50,54). The summed E-state index contributed by atoms with van der Waals surface area (Å²) in [7, 11) is 3.52. The van der Waals surface area contributed by atoms with E-state index >= 15 is 4.79 Å². The van der Waals surface area contributed by atoms with E-state index in [4.69, 9.17) is 15.2 Å². The summed E-state index contributed by atoms with van der Waals surface area (Å²) in [5.41, 5.74) is 6.84. The zero-order valence-corrected chi connectivity index (χ0v) is 35.7. The quantitative estimate of drug-likeness (QED) is 0.0243. The highest BCUT2D eigenvalue weighted by molar-refractivity contribution is 6.33. The summed E-state index contributed by atoms with van der Waals surface area (Å²) in [6, 6.07) is 9.17. The van der Waals surface area contributed by atoms with E-state index < -0.39 is 28.4 Å². The molecule has 1 saturated heterocycles. The van der Waals surface area contributed by atoms with E-state index in [2.05, 4.69) is 77.2 Å². The second-order valence-electron chi connectivity index (χ2n) is 17.5. The second kappa shape index (κ2) is 17.5. The molecule has 1 saturated carbocycles. The number of nitrogens with one attached hydrogen (secondary N) is 4. The van der Waals surface area contributed by atoms with Gasteiger partial charge in [0.25, 0.3) is 5.60 Å². The van der Waals surface area contributed by atoms with Gasteiger partial charge >= 0.3 is 5.97 Å². The number of ketones is 2. The summed E-state index contributed by atoms with van der Waals surface area (Å²) in [5.74, 6) is 0.0490. The molecule has 0 radical (unpaired) electrons. The van der Waals surface area contributed by atoms with Crippen molar-refractivity contribution in [1.29, 1.82) is 0 Å². The van der Waals surface area contributed by atoms with Crippen molar-refractivity contribution in [3.63, 3.8) is 0 Å². The van der Waals surface area contributed by atoms with Crippen LogP contribution in [0, 0.1) is 23.2 Å². The fourth-order valence-corrected chi connectivity index (χ4v) is 10.4. The van der Waals surface area contributed by atoms with Crippen molar-refractivity contribution in [1.82, 2.24) is 20.9 Å². The molecule has 1 aliphatic heterocycles. The number of hydrogen-bond donors (Lipinski definition) is 5. The number of benzene rings is 1. The van der Waals surface area contributed by atoms with Crippen LogP contribution < -0.4 is 27.0 Å². The number of Topliss-reactive ketones (excluding diaryl/α,β-unsaturated/α-hetero) is 2. The van der Waals surface area contributed by atoms with Crippen LogP contribution in [0.4, 0.5) is 5.82 Å². The van der Waals surface area contributed by atoms with Gasteiger partial charge in [-0.15, -0.1) is 0 Å². The number of pyridine rings is 1. The molecule has 6 unspecified atom stereocenters. The Labute approximate surface area is 349 Å². The van der Waals surface area contributed by atoms with E-state index in [0.717, 1.165) is 74.0 Å². The summed E-state index contributed by atoms with van der Waals surface area (Å²) < 4.78 is 12.7. The molecule has 7 rings (SSSR count). The van der Waals surface area contributed by atoms with Gasteiger partial charge in [0.1, 0.15) is 5.82 Å². The number of fused-ring (bicyclic) bond motifs is 3. The van der Waals surface area contributed by atoms with Crippen LogP contribution in [-0.2, 0) is 20.7 Å². The first-order valence-corrected chi connectivity index (χ1v) is 21.7. The van der Waals surface area contributed by atoms with Crippen molar-refractivity contribution in [2.45, 2.75) is 109 Å². The van der Waals surface area contributed by atoms with Crippen molar-refractivity contribution in [3.8, 4) is 0 Å². The predicted molar refractivity (Wildman–Crippen MR) is 231 cm³/mol. The minimum atomic E-state index is -2.07. The average Bonchev–Trinajstić information content (AvgIpc) is 3.71. The minimum Gasteiger partial charge on any atom is -0.463 e. The number of carbonyl (C=O) groups excluding carboxylic acids is 3. The highest BCUT2D eigenvalue weighted by atomic mass is 16.7. The van der Waals surface area contributed by atoms with E-state index in [-0.39, 0.29) is 48.3 Å². The van der Waals surface area contributed by atoms with Crippen LogP contribution >= 0.6 is 0 Å². The number of esters is 1. The van der Waals surface area contributed by atoms with Crippen LogP contribution in [0.25, 0.3) is 0 Å². The first-order chi connectivity index (χ1) is 28.4. The van der Waals surface area contributed by atoms with Gasteiger partial charge in [-0.2, -0.15) is 0 Å². The molecule has 0 spiro atoms. The molecule has 1 aromatic carbocycles. The number of nitrogens with zero attached hydrogens (tertiary/aromatic N) is 2. The maximum Gasteiger partial charge on any atom is 0.350 e. The SMILES string of the molecule is CCNC1C=C2C=CCCC2CC1COC(=O)C12OC1(CC=C(C)C1(C(NC(N)=NC)c3ccnc(NCNC)c3)CCCC1)C(=O)c1cccc(CC(C)C)c1C2=O. The monoisotopic (exact) mass is 805 g/mol. The topological polar surface area (TPSA) is 172 Å². The van der Waals surface area contributed by atoms with Crippen LogP contribution in [0.1, 0.15) is 117 Å². The highest BCUT2D eigenvalue weighted by Crippen LogP contribution is 2.60. The Balaban J connectivity index is 1.25. The number of allylic oxidation sites excluding steroid dienone is 3. The van der Waals surface area contributed by atoms with Crippen LogP contribution in [-0.4, -0.2) is 79.6 Å². The van der Waals surface area contributed by atoms with Gasteiger partial charge in [-0.05, 0) is 99.7 Å². The Morgan fingerprint density at radius 1 is 1.17 bits per heavy atom. The Morgan fingerprint density at radius 3 is 2.69 bits per heavy atom. The lowest BCUT2D eigenvalue weighted by Crippen LogP contribution is -2.51. The molecule has 1 aromatic heterocycles. The van der Waals surface area contributed by atoms with Gasteiger partial charge in [0.15, 0.2) is 17.3 Å². The van der Waals surface area contributed by atoms with Crippen molar-refractivity contribution in [3.05, 3.63) is 94.2 Å². The van der Waals surface area contributed by atoms with Crippen LogP contribution in [0.15, 0.2) is 77.0 Å². The number of aromatic nitrogens is 1. The Morgan fingerprint density at radius 2 is 1.97 bits per heavy atom. The number of carbonyl (C=O) groups is 3. The Bertz CT molecular complexity index is 2050. The maximum absolute atomic E-state index is 15.0. The van der Waals surface area contributed by atoms with Gasteiger partial charge in [0.2, 0.25) is 5.78 Å². The van der Waals surface area contributed by atoms with Gasteiger partial charge in [-0.1, -0.05) is 81.7 Å². The summed E-state index contributed by atoms with van der Waals surface area (Å²) in [6.07, 6.45) is 17.8. The van der Waals surface area contributed by atoms with Crippen LogP contribution in [0.2, 0.25) is 0 Å². The van der Waals surface area contributed by atoms with Gasteiger partial charge in [0.05, 0.1) is 19.3 Å². The van der Waals surface area contributed by atoms with E-state index in [9.17, 15) is 9.59 Å². The van der Waals surface area contributed by atoms with E-state index in [1.54, 1.807) is 19.3 Å². The molecule has 59 heavy (non-hydrogen) atoms. The lowest BCUT2D eigenvalue weighted by Gasteiger charge is -2.40. The van der Waals surface area contributed by atoms with Crippen molar-refractivity contribution >= 4 is 29.3 Å². The zero-order valence-electron chi connectivity index (χ0n) is 35.7. The lowest BCUT2D eigenvalue weighted by molar-refractivity contribution is -0.150. The molecule has 2 aromatic rings. The number of hydrogen-bond acceptors (Lipinski definition) is 10. The normalized spacial score (nSPS) is 27.7. The Kier molecular flexibility index (Phi) is 12.6. The third kappa shape index (κ3) is 7.79. The first kappa shape index (κ1) is 42.5. The number of aliphatic imine (C=N–C) groups is 1. The fraction of sp³-hybridized carbons (Fsp3) is 0.553. The van der Waals surface area contributed by atoms with E-state index in [0.29, 0.717) is 30.5 Å². The molecule has 5 aliphatic rings. The molecular formula is C47H63N7O5. The van der Waals surface area contributed by atoms with Crippen molar-refractivity contribution < 1.29 is 23.9 Å². The number of anilines is 1. The Hall–Kier alpha value is -4.65. The largest absolute Gasteiger partial charge is 0.463 e. The molecule has 4 aliphatic carbocycles. The second-order valence-corrected chi connectivity index (χ2v) is 17.5. The summed E-state index contributed by atoms with van der Waals surface area (Å²) in [6.45, 7) is 9.73. The fourth-order valence-electron chi connectivity index (χ4n) is 10.4. The number of ether oxygens (including phenoxy) is 2. The van der Waals surface area contributed by atoms with Gasteiger partial charge in [-0.25, -0.2) is 9.78 Å². The third-order valence-corrected chi connectivity index (χ3v) is 13.5. The third-order valence-electron chi connectivity index (χ3n) is 13.5. The minimum absolute atomic E-state index is 0.0110. The number of epoxide rings is 1. The molecule has 12 nitrogen and oxygen atoms in total. The maximum atomic E-state index is 15.0. The predicted octanol–water partition coefficient (Wildman–Crippen LogP) is 6.36. The number of rotatable bonds is 16. The molecule has 12 heteroatoms.